The van der Waals surface area contributed by atoms with Crippen LogP contribution in [0, 0.1) is 11.3 Å². The number of carbonyl (C=O) groups excluding carboxylic acids is 1. The Balaban J connectivity index is 1.61. The van der Waals surface area contributed by atoms with Gasteiger partial charge in [0.2, 0.25) is 5.91 Å². The molecule has 1 atom stereocenters. The molecule has 0 aromatic heterocycles. The molecule has 0 bridgehead atoms. The molecule has 0 aromatic rings. The van der Waals surface area contributed by atoms with E-state index in [2.05, 4.69) is 24.1 Å². The maximum atomic E-state index is 12.3. The van der Waals surface area contributed by atoms with Crippen LogP contribution in [0.4, 0.5) is 0 Å². The van der Waals surface area contributed by atoms with Crippen LogP contribution in [0.5, 0.6) is 0 Å². The number of piperidine rings is 1. The Morgan fingerprint density at radius 1 is 1.19 bits per heavy atom. The first-order chi connectivity index (χ1) is 10.0. The van der Waals surface area contributed by atoms with Crippen molar-refractivity contribution in [1.29, 1.82) is 0 Å². The van der Waals surface area contributed by atoms with E-state index in [4.69, 9.17) is 4.74 Å². The van der Waals surface area contributed by atoms with Gasteiger partial charge < -0.3 is 10.1 Å². The van der Waals surface area contributed by atoms with Gasteiger partial charge in [0.15, 0.2) is 0 Å². The third-order valence-corrected chi connectivity index (χ3v) is 5.87. The molecule has 1 aliphatic carbocycles. The van der Waals surface area contributed by atoms with Crippen LogP contribution in [0.15, 0.2) is 0 Å². The van der Waals surface area contributed by atoms with Crippen molar-refractivity contribution in [3.8, 4) is 0 Å². The second kappa shape index (κ2) is 5.88. The fraction of sp³-hybridized carbons (Fsp3) is 0.941. The van der Waals surface area contributed by atoms with Gasteiger partial charge >= 0.3 is 0 Å². The van der Waals surface area contributed by atoms with Gasteiger partial charge in [0.25, 0.3) is 0 Å². The fourth-order valence-corrected chi connectivity index (χ4v) is 4.01. The van der Waals surface area contributed by atoms with Crippen LogP contribution in [-0.4, -0.2) is 49.2 Å². The molecule has 0 aromatic carbocycles. The van der Waals surface area contributed by atoms with Crippen molar-refractivity contribution >= 4 is 5.91 Å². The highest BCUT2D eigenvalue weighted by Gasteiger charge is 2.51. The Labute approximate surface area is 128 Å². The molecule has 0 radical (unpaired) electrons. The number of hydrogen-bond acceptors (Lipinski definition) is 3. The molecule has 0 spiro atoms. The number of likely N-dealkylation sites (tertiary alicyclic amines) is 1. The SMILES string of the molecule is CC1(C)CC1C(=O)NCC1(N2CCCCC2)CCOCC1. The van der Waals surface area contributed by atoms with Crippen molar-refractivity contribution < 1.29 is 9.53 Å². The fourth-order valence-electron chi connectivity index (χ4n) is 4.01. The van der Waals surface area contributed by atoms with E-state index in [1.807, 2.05) is 0 Å². The maximum Gasteiger partial charge on any atom is 0.223 e. The lowest BCUT2D eigenvalue weighted by Gasteiger charge is -2.48. The topological polar surface area (TPSA) is 41.6 Å². The quantitative estimate of drug-likeness (QED) is 0.864. The van der Waals surface area contributed by atoms with Gasteiger partial charge in [-0.05, 0) is 50.6 Å². The van der Waals surface area contributed by atoms with Crippen LogP contribution in [0.2, 0.25) is 0 Å². The maximum absolute atomic E-state index is 12.3. The number of amides is 1. The third-order valence-electron chi connectivity index (χ3n) is 5.87. The van der Waals surface area contributed by atoms with Crippen LogP contribution in [-0.2, 0) is 9.53 Å². The summed E-state index contributed by atoms with van der Waals surface area (Å²) in [6.07, 6.45) is 7.10. The van der Waals surface area contributed by atoms with Gasteiger partial charge in [-0.15, -0.1) is 0 Å². The number of hydrogen-bond donors (Lipinski definition) is 1. The van der Waals surface area contributed by atoms with Gasteiger partial charge in [-0.1, -0.05) is 20.3 Å². The predicted octanol–water partition coefficient (Wildman–Crippen LogP) is 2.18. The average molecular weight is 294 g/mol. The van der Waals surface area contributed by atoms with Gasteiger partial charge in [0, 0.05) is 31.2 Å². The molecule has 120 valence electrons. The molecule has 2 heterocycles. The van der Waals surface area contributed by atoms with Crippen LogP contribution in [0.1, 0.15) is 52.4 Å². The number of carbonyl (C=O) groups is 1. The van der Waals surface area contributed by atoms with E-state index in [0.717, 1.165) is 39.0 Å². The zero-order valence-electron chi connectivity index (χ0n) is 13.6. The van der Waals surface area contributed by atoms with Crippen LogP contribution >= 0.6 is 0 Å². The van der Waals surface area contributed by atoms with E-state index in [9.17, 15) is 4.79 Å². The highest BCUT2D eigenvalue weighted by Crippen LogP contribution is 2.51. The summed E-state index contributed by atoms with van der Waals surface area (Å²) in [6.45, 7) is 9.22. The van der Waals surface area contributed by atoms with Crippen molar-refractivity contribution in [3.05, 3.63) is 0 Å². The highest BCUT2D eigenvalue weighted by molar-refractivity contribution is 5.82. The average Bonchev–Trinajstić information content (AvgIpc) is 3.16. The molecule has 3 aliphatic rings. The zero-order chi connectivity index (χ0) is 14.9. The predicted molar refractivity (Wildman–Crippen MR) is 83.1 cm³/mol. The van der Waals surface area contributed by atoms with Gasteiger partial charge in [-0.3, -0.25) is 9.69 Å². The summed E-state index contributed by atoms with van der Waals surface area (Å²) in [5, 5.41) is 3.27. The van der Waals surface area contributed by atoms with Crippen molar-refractivity contribution in [2.45, 2.75) is 57.9 Å². The van der Waals surface area contributed by atoms with Gasteiger partial charge in [-0.25, -0.2) is 0 Å². The number of nitrogens with one attached hydrogen (secondary N) is 1. The smallest absolute Gasteiger partial charge is 0.223 e. The minimum Gasteiger partial charge on any atom is -0.381 e. The van der Waals surface area contributed by atoms with E-state index >= 15 is 0 Å². The Hall–Kier alpha value is -0.610. The lowest BCUT2D eigenvalue weighted by atomic mass is 9.86. The molecule has 1 amide bonds. The second-order valence-electron chi connectivity index (χ2n) is 7.85. The van der Waals surface area contributed by atoms with Crippen LogP contribution < -0.4 is 5.32 Å². The largest absolute Gasteiger partial charge is 0.381 e. The first-order valence-electron chi connectivity index (χ1n) is 8.64. The van der Waals surface area contributed by atoms with E-state index in [-0.39, 0.29) is 22.8 Å². The normalized spacial score (nSPS) is 31.6. The Morgan fingerprint density at radius 2 is 1.81 bits per heavy atom. The summed E-state index contributed by atoms with van der Waals surface area (Å²) >= 11 is 0. The molecular formula is C17H30N2O2. The molecule has 2 aliphatic heterocycles. The number of nitrogens with zero attached hydrogens (tertiary/aromatic N) is 1. The summed E-state index contributed by atoms with van der Waals surface area (Å²) in [7, 11) is 0. The second-order valence-corrected chi connectivity index (χ2v) is 7.85. The van der Waals surface area contributed by atoms with E-state index in [0.29, 0.717) is 0 Å². The molecule has 4 heteroatoms. The number of ether oxygens (including phenoxy) is 1. The molecule has 4 nitrogen and oxygen atoms in total. The molecule has 1 N–H and O–H groups in total. The molecule has 3 fully saturated rings. The van der Waals surface area contributed by atoms with E-state index < -0.39 is 0 Å². The summed E-state index contributed by atoms with van der Waals surface area (Å²) in [5.74, 6) is 0.499. The van der Waals surface area contributed by atoms with Crippen molar-refractivity contribution in [2.24, 2.45) is 11.3 Å². The first kappa shape index (κ1) is 15.3. The van der Waals surface area contributed by atoms with Crippen molar-refractivity contribution in [3.63, 3.8) is 0 Å². The van der Waals surface area contributed by atoms with E-state index in [1.54, 1.807) is 0 Å². The zero-order valence-corrected chi connectivity index (χ0v) is 13.6. The molecular weight excluding hydrogens is 264 g/mol. The lowest BCUT2D eigenvalue weighted by molar-refractivity contribution is -0.124. The standard InChI is InChI=1S/C17H30N2O2/c1-16(2)12-14(16)15(20)18-13-17(6-10-21-11-7-17)19-8-4-3-5-9-19/h14H,3-13H2,1-2H3,(H,18,20). The van der Waals surface area contributed by atoms with Crippen molar-refractivity contribution in [1.82, 2.24) is 10.2 Å². The van der Waals surface area contributed by atoms with Gasteiger partial charge in [-0.2, -0.15) is 0 Å². The van der Waals surface area contributed by atoms with Crippen LogP contribution in [0.3, 0.4) is 0 Å². The van der Waals surface area contributed by atoms with Crippen LogP contribution in [0.25, 0.3) is 0 Å². The minimum atomic E-state index is 0.146. The van der Waals surface area contributed by atoms with Gasteiger partial charge in [0.05, 0.1) is 0 Å². The molecule has 1 saturated carbocycles. The summed E-state index contributed by atoms with van der Waals surface area (Å²) < 4.78 is 5.58. The molecule has 2 saturated heterocycles. The lowest BCUT2D eigenvalue weighted by Crippen LogP contribution is -2.59. The summed E-state index contributed by atoms with van der Waals surface area (Å²) in [5.41, 5.74) is 0.366. The van der Waals surface area contributed by atoms with Gasteiger partial charge in [0.1, 0.15) is 0 Å². The highest BCUT2D eigenvalue weighted by atomic mass is 16.5. The Bertz CT molecular complexity index is 382. The molecule has 1 unspecified atom stereocenters. The van der Waals surface area contributed by atoms with Crippen molar-refractivity contribution in [2.75, 3.05) is 32.8 Å². The van der Waals surface area contributed by atoms with E-state index in [1.165, 1.54) is 32.4 Å². The third kappa shape index (κ3) is 3.26. The first-order valence-corrected chi connectivity index (χ1v) is 8.64. The molecule has 3 rings (SSSR count). The summed E-state index contributed by atoms with van der Waals surface area (Å²) in [6, 6.07) is 0. The Kier molecular flexibility index (Phi) is 4.28. The summed E-state index contributed by atoms with van der Waals surface area (Å²) in [4.78, 5) is 15.0. The monoisotopic (exact) mass is 294 g/mol. The molecule has 21 heavy (non-hydrogen) atoms. The Morgan fingerprint density at radius 3 is 2.38 bits per heavy atom. The minimum absolute atomic E-state index is 0.146. The number of rotatable bonds is 4.